The molecule has 0 saturated carbocycles. The molecule has 1 aromatic rings. The summed E-state index contributed by atoms with van der Waals surface area (Å²) in [7, 11) is 0. The summed E-state index contributed by atoms with van der Waals surface area (Å²) in [6, 6.07) is 10.4. The standard InChI is InChI=1S/C11H14OTe/c1-11(2,12)8-9-13-10-6-4-3-5-7-10/h3-9,12H,1-2H3/b9-8-. The van der Waals surface area contributed by atoms with Crippen molar-refractivity contribution in [3.05, 3.63) is 40.5 Å². The Labute approximate surface area is 89.6 Å². The van der Waals surface area contributed by atoms with Gasteiger partial charge in [0.05, 0.1) is 0 Å². The number of hydrogen-bond donors (Lipinski definition) is 1. The predicted molar refractivity (Wildman–Crippen MR) is 57.3 cm³/mol. The molecule has 0 heterocycles. The van der Waals surface area contributed by atoms with Gasteiger partial charge in [-0.3, -0.25) is 0 Å². The average Bonchev–Trinajstić information content (AvgIpc) is 2.04. The van der Waals surface area contributed by atoms with Gasteiger partial charge in [0.1, 0.15) is 0 Å². The molecular formula is C11H14OTe. The van der Waals surface area contributed by atoms with Crippen LogP contribution in [0.3, 0.4) is 0 Å². The molecule has 0 aromatic heterocycles. The van der Waals surface area contributed by atoms with Crippen molar-refractivity contribution in [2.24, 2.45) is 0 Å². The molecule has 0 fully saturated rings. The normalized spacial score (nSPS) is 12.2. The Kier molecular flexibility index (Phi) is 3.99. The van der Waals surface area contributed by atoms with Gasteiger partial charge >= 0.3 is 89.6 Å². The fraction of sp³-hybridized carbons (Fsp3) is 0.273. The van der Waals surface area contributed by atoms with Crippen molar-refractivity contribution >= 4 is 24.5 Å². The minimum absolute atomic E-state index is 0.254. The molecule has 1 nitrogen and oxygen atoms in total. The van der Waals surface area contributed by atoms with E-state index in [2.05, 4.69) is 28.4 Å². The topological polar surface area (TPSA) is 20.2 Å². The average molecular weight is 290 g/mol. The van der Waals surface area contributed by atoms with E-state index in [1.165, 1.54) is 3.61 Å². The van der Waals surface area contributed by atoms with Crippen LogP contribution in [0, 0.1) is 0 Å². The Morgan fingerprint density at radius 1 is 1.23 bits per heavy atom. The zero-order chi connectivity index (χ0) is 9.73. The summed E-state index contributed by atoms with van der Waals surface area (Å²) in [6.07, 6.45) is 1.88. The summed E-state index contributed by atoms with van der Waals surface area (Å²) in [4.78, 5) is 0. The molecule has 0 amide bonds. The summed E-state index contributed by atoms with van der Waals surface area (Å²) in [5.74, 6) is 0. The van der Waals surface area contributed by atoms with Crippen molar-refractivity contribution in [2.45, 2.75) is 19.4 Å². The molecule has 1 aromatic carbocycles. The second kappa shape index (κ2) is 4.81. The molecule has 0 bridgehead atoms. The second-order valence-electron chi connectivity index (χ2n) is 3.39. The molecule has 0 saturated heterocycles. The quantitative estimate of drug-likeness (QED) is 0.832. The summed E-state index contributed by atoms with van der Waals surface area (Å²) >= 11 is -0.254. The van der Waals surface area contributed by atoms with Gasteiger partial charge < -0.3 is 0 Å². The van der Waals surface area contributed by atoms with Gasteiger partial charge in [0.25, 0.3) is 0 Å². The Hall–Kier alpha value is -0.290. The first-order valence-electron chi connectivity index (χ1n) is 4.20. The Balaban J connectivity index is 2.49. The summed E-state index contributed by atoms with van der Waals surface area (Å²) in [6.45, 7) is 3.59. The van der Waals surface area contributed by atoms with Gasteiger partial charge in [-0.1, -0.05) is 0 Å². The molecule has 0 aliphatic heterocycles. The van der Waals surface area contributed by atoms with Gasteiger partial charge in [0, 0.05) is 0 Å². The minimum atomic E-state index is -0.667. The SMILES string of the molecule is CC(C)(O)/C=C\[Te]c1ccccc1. The van der Waals surface area contributed by atoms with Crippen LogP contribution in [0.4, 0.5) is 0 Å². The summed E-state index contributed by atoms with van der Waals surface area (Å²) < 4.78 is 3.52. The fourth-order valence-electron chi connectivity index (χ4n) is 0.778. The van der Waals surface area contributed by atoms with Gasteiger partial charge in [-0.25, -0.2) is 0 Å². The van der Waals surface area contributed by atoms with Crippen LogP contribution in [-0.4, -0.2) is 31.6 Å². The first kappa shape index (κ1) is 10.8. The van der Waals surface area contributed by atoms with Crippen LogP contribution in [0.1, 0.15) is 13.8 Å². The van der Waals surface area contributed by atoms with Crippen molar-refractivity contribution in [2.75, 3.05) is 0 Å². The van der Waals surface area contributed by atoms with Crippen molar-refractivity contribution < 1.29 is 5.11 Å². The van der Waals surface area contributed by atoms with E-state index in [0.29, 0.717) is 0 Å². The van der Waals surface area contributed by atoms with E-state index in [1.807, 2.05) is 12.1 Å². The summed E-state index contributed by atoms with van der Waals surface area (Å²) in [5.41, 5.74) is -0.667. The van der Waals surface area contributed by atoms with E-state index in [-0.39, 0.29) is 20.9 Å². The monoisotopic (exact) mass is 292 g/mol. The van der Waals surface area contributed by atoms with Gasteiger partial charge in [-0.05, 0) is 0 Å². The van der Waals surface area contributed by atoms with Crippen LogP contribution in [-0.2, 0) is 0 Å². The second-order valence-corrected chi connectivity index (χ2v) is 6.18. The summed E-state index contributed by atoms with van der Waals surface area (Å²) in [5, 5.41) is 9.43. The molecule has 0 radical (unpaired) electrons. The number of rotatable bonds is 3. The van der Waals surface area contributed by atoms with Crippen molar-refractivity contribution in [1.29, 1.82) is 0 Å². The fourth-order valence-corrected chi connectivity index (χ4v) is 3.27. The van der Waals surface area contributed by atoms with Crippen molar-refractivity contribution in [3.8, 4) is 0 Å². The third kappa shape index (κ3) is 5.10. The maximum atomic E-state index is 9.43. The van der Waals surface area contributed by atoms with Crippen LogP contribution in [0.15, 0.2) is 40.5 Å². The molecule has 0 spiro atoms. The van der Waals surface area contributed by atoms with E-state index < -0.39 is 5.60 Å². The molecule has 2 heteroatoms. The molecule has 1 rings (SSSR count). The predicted octanol–water partition coefficient (Wildman–Crippen LogP) is 1.30. The molecule has 13 heavy (non-hydrogen) atoms. The molecule has 70 valence electrons. The van der Waals surface area contributed by atoms with E-state index in [4.69, 9.17) is 0 Å². The number of hydrogen-bond acceptors (Lipinski definition) is 1. The molecule has 0 aliphatic carbocycles. The van der Waals surface area contributed by atoms with E-state index >= 15 is 0 Å². The molecule has 0 atom stereocenters. The molecule has 1 N–H and O–H groups in total. The van der Waals surface area contributed by atoms with Gasteiger partial charge in [0.15, 0.2) is 0 Å². The van der Waals surface area contributed by atoms with Crippen LogP contribution in [0.25, 0.3) is 0 Å². The number of benzene rings is 1. The van der Waals surface area contributed by atoms with Crippen LogP contribution >= 0.6 is 0 Å². The van der Waals surface area contributed by atoms with E-state index in [0.717, 1.165) is 0 Å². The zero-order valence-electron chi connectivity index (χ0n) is 7.90. The first-order chi connectivity index (χ1) is 6.08. The zero-order valence-corrected chi connectivity index (χ0v) is 10.2. The Morgan fingerprint density at radius 3 is 2.38 bits per heavy atom. The third-order valence-electron chi connectivity index (χ3n) is 1.42. The van der Waals surface area contributed by atoms with Crippen LogP contribution in [0.2, 0.25) is 0 Å². The molecule has 0 unspecified atom stereocenters. The van der Waals surface area contributed by atoms with E-state index in [1.54, 1.807) is 13.8 Å². The molecule has 0 aliphatic rings. The Bertz CT molecular complexity index is 272. The maximum absolute atomic E-state index is 9.43. The van der Waals surface area contributed by atoms with E-state index in [9.17, 15) is 5.11 Å². The van der Waals surface area contributed by atoms with Gasteiger partial charge in [-0.15, -0.1) is 0 Å². The third-order valence-corrected chi connectivity index (χ3v) is 3.75. The molecular weight excluding hydrogens is 276 g/mol. The number of aliphatic hydroxyl groups is 1. The van der Waals surface area contributed by atoms with Gasteiger partial charge in [0.2, 0.25) is 0 Å². The Morgan fingerprint density at radius 2 is 1.85 bits per heavy atom. The van der Waals surface area contributed by atoms with Gasteiger partial charge in [-0.2, -0.15) is 0 Å². The first-order valence-corrected chi connectivity index (χ1v) is 6.71. The van der Waals surface area contributed by atoms with Crippen molar-refractivity contribution in [3.63, 3.8) is 0 Å². The van der Waals surface area contributed by atoms with Crippen LogP contribution < -0.4 is 3.61 Å². The van der Waals surface area contributed by atoms with Crippen molar-refractivity contribution in [1.82, 2.24) is 0 Å². The van der Waals surface area contributed by atoms with Crippen LogP contribution in [0.5, 0.6) is 0 Å².